The van der Waals surface area contributed by atoms with Crippen LogP contribution < -0.4 is 9.64 Å². The first kappa shape index (κ1) is 19.2. The highest BCUT2D eigenvalue weighted by atomic mass is 16.5. The summed E-state index contributed by atoms with van der Waals surface area (Å²) in [6.45, 7) is 6.43. The number of aryl methyl sites for hydroxylation is 1. The first-order valence-electron chi connectivity index (χ1n) is 9.31. The van der Waals surface area contributed by atoms with Gasteiger partial charge in [0.25, 0.3) is 5.91 Å². The lowest BCUT2D eigenvalue weighted by molar-refractivity contribution is -0.145. The molecule has 1 unspecified atom stereocenters. The molecule has 2 aliphatic rings. The van der Waals surface area contributed by atoms with E-state index in [1.807, 2.05) is 25.1 Å². The number of ether oxygens (including phenoxy) is 1. The highest BCUT2D eigenvalue weighted by Gasteiger charge is 2.41. The Hall–Kier alpha value is -2.57. The second-order valence-electron chi connectivity index (χ2n) is 7.81. The van der Waals surface area contributed by atoms with Gasteiger partial charge < -0.3 is 19.6 Å². The number of aliphatic carboxylic acids is 1. The number of hydrogen-bond donors (Lipinski definition) is 1. The molecule has 1 saturated heterocycles. The molecule has 146 valence electrons. The molecule has 2 aliphatic heterocycles. The quantitative estimate of drug-likeness (QED) is 0.873. The van der Waals surface area contributed by atoms with Crippen LogP contribution >= 0.6 is 0 Å². The molecule has 7 heteroatoms. The van der Waals surface area contributed by atoms with Crippen LogP contribution in [-0.4, -0.2) is 53.0 Å². The summed E-state index contributed by atoms with van der Waals surface area (Å²) in [4.78, 5) is 39.9. The molecule has 0 radical (unpaired) electrons. The Kier molecular flexibility index (Phi) is 5.13. The summed E-state index contributed by atoms with van der Waals surface area (Å²) in [5.74, 6) is -1.04. The average molecular weight is 374 g/mol. The number of piperidine rings is 1. The van der Waals surface area contributed by atoms with Crippen molar-refractivity contribution in [2.45, 2.75) is 45.6 Å². The van der Waals surface area contributed by atoms with Gasteiger partial charge in [0.2, 0.25) is 5.91 Å². The molecule has 0 saturated carbocycles. The van der Waals surface area contributed by atoms with E-state index in [0.29, 0.717) is 30.8 Å². The van der Waals surface area contributed by atoms with Crippen molar-refractivity contribution in [3.8, 4) is 5.75 Å². The average Bonchev–Trinajstić information content (AvgIpc) is 2.62. The van der Waals surface area contributed by atoms with Gasteiger partial charge in [-0.25, -0.2) is 0 Å². The number of rotatable bonds is 4. The normalized spacial score (nSPS) is 21.4. The maximum absolute atomic E-state index is 12.8. The third-order valence-corrected chi connectivity index (χ3v) is 5.20. The van der Waals surface area contributed by atoms with Crippen molar-refractivity contribution in [1.29, 1.82) is 0 Å². The first-order valence-corrected chi connectivity index (χ1v) is 9.31. The SMILES string of the molecule is Cc1ccc2c(c1)N(CCC(=O)N1CCCC(C(=O)O)C1)C(=O)C(C)(C)O2. The summed E-state index contributed by atoms with van der Waals surface area (Å²) in [7, 11) is 0. The van der Waals surface area contributed by atoms with Gasteiger partial charge in [-0.3, -0.25) is 14.4 Å². The largest absolute Gasteiger partial charge is 0.481 e. The fourth-order valence-electron chi connectivity index (χ4n) is 3.67. The van der Waals surface area contributed by atoms with Crippen molar-refractivity contribution in [2.24, 2.45) is 5.92 Å². The number of amides is 2. The van der Waals surface area contributed by atoms with Crippen LogP contribution in [0.25, 0.3) is 0 Å². The van der Waals surface area contributed by atoms with E-state index in [9.17, 15) is 19.5 Å². The van der Waals surface area contributed by atoms with Crippen molar-refractivity contribution in [3.63, 3.8) is 0 Å². The summed E-state index contributed by atoms with van der Waals surface area (Å²) in [5.41, 5.74) is 0.681. The molecule has 1 aromatic carbocycles. The third-order valence-electron chi connectivity index (χ3n) is 5.20. The maximum atomic E-state index is 12.8. The number of benzene rings is 1. The van der Waals surface area contributed by atoms with E-state index in [0.717, 1.165) is 5.56 Å². The minimum absolute atomic E-state index is 0.118. The van der Waals surface area contributed by atoms with Gasteiger partial charge in [-0.2, -0.15) is 0 Å². The standard InChI is InChI=1S/C20H26N2O5/c1-13-6-7-16-15(11-13)22(19(26)20(2,3)27-16)10-8-17(23)21-9-4-5-14(12-21)18(24)25/h6-7,11,14H,4-5,8-10,12H2,1-3H3,(H,24,25). The number of nitrogens with zero attached hydrogens (tertiary/aromatic N) is 2. The molecule has 7 nitrogen and oxygen atoms in total. The van der Waals surface area contributed by atoms with E-state index in [1.54, 1.807) is 23.6 Å². The smallest absolute Gasteiger partial charge is 0.308 e. The van der Waals surface area contributed by atoms with Gasteiger partial charge >= 0.3 is 5.97 Å². The van der Waals surface area contributed by atoms with Gasteiger partial charge in [-0.1, -0.05) is 6.07 Å². The van der Waals surface area contributed by atoms with E-state index in [1.165, 1.54) is 0 Å². The van der Waals surface area contributed by atoms with Crippen LogP contribution in [0.5, 0.6) is 5.75 Å². The monoisotopic (exact) mass is 374 g/mol. The fourth-order valence-corrected chi connectivity index (χ4v) is 3.67. The van der Waals surface area contributed by atoms with E-state index >= 15 is 0 Å². The number of fused-ring (bicyclic) bond motifs is 1. The maximum Gasteiger partial charge on any atom is 0.308 e. The Morgan fingerprint density at radius 1 is 1.33 bits per heavy atom. The van der Waals surface area contributed by atoms with Gasteiger partial charge in [0.1, 0.15) is 5.75 Å². The predicted molar refractivity (Wildman–Crippen MR) is 99.8 cm³/mol. The van der Waals surface area contributed by atoms with Crippen LogP contribution in [0.4, 0.5) is 5.69 Å². The molecule has 2 heterocycles. The second kappa shape index (κ2) is 7.21. The molecule has 0 spiro atoms. The van der Waals surface area contributed by atoms with Gasteiger partial charge in [0.15, 0.2) is 5.60 Å². The zero-order valence-electron chi connectivity index (χ0n) is 16.0. The predicted octanol–water partition coefficient (Wildman–Crippen LogP) is 2.21. The molecule has 3 rings (SSSR count). The van der Waals surface area contributed by atoms with Crippen molar-refractivity contribution in [1.82, 2.24) is 4.90 Å². The molecule has 0 aliphatic carbocycles. The molecule has 0 aromatic heterocycles. The third kappa shape index (κ3) is 3.91. The zero-order chi connectivity index (χ0) is 19.8. The van der Waals surface area contributed by atoms with Crippen molar-refractivity contribution in [3.05, 3.63) is 23.8 Å². The fraction of sp³-hybridized carbons (Fsp3) is 0.550. The number of carboxylic acids is 1. The van der Waals surface area contributed by atoms with E-state index in [4.69, 9.17) is 4.74 Å². The molecule has 1 N–H and O–H groups in total. The zero-order valence-corrected chi connectivity index (χ0v) is 16.0. The molecule has 1 aromatic rings. The summed E-state index contributed by atoms with van der Waals surface area (Å²) in [6.07, 6.45) is 1.44. The molecule has 0 bridgehead atoms. The van der Waals surface area contributed by atoms with E-state index in [2.05, 4.69) is 0 Å². The Morgan fingerprint density at radius 2 is 2.07 bits per heavy atom. The van der Waals surface area contributed by atoms with E-state index in [-0.39, 0.29) is 31.3 Å². The second-order valence-corrected chi connectivity index (χ2v) is 7.81. The lowest BCUT2D eigenvalue weighted by Gasteiger charge is -2.39. The van der Waals surface area contributed by atoms with Crippen molar-refractivity contribution in [2.75, 3.05) is 24.5 Å². The topological polar surface area (TPSA) is 87.2 Å². The van der Waals surface area contributed by atoms with Crippen LogP contribution in [0.1, 0.15) is 38.7 Å². The minimum atomic E-state index is -0.995. The molecular formula is C20H26N2O5. The molecule has 2 amide bonds. The Labute approximate surface area is 158 Å². The first-order chi connectivity index (χ1) is 12.7. The Bertz CT molecular complexity index is 774. The number of carbonyl (C=O) groups excluding carboxylic acids is 2. The van der Waals surface area contributed by atoms with Gasteiger partial charge in [-0.15, -0.1) is 0 Å². The van der Waals surface area contributed by atoms with Crippen LogP contribution in [0.15, 0.2) is 18.2 Å². The van der Waals surface area contributed by atoms with Crippen molar-refractivity contribution >= 4 is 23.5 Å². The molecule has 27 heavy (non-hydrogen) atoms. The number of anilines is 1. The molecular weight excluding hydrogens is 348 g/mol. The number of carboxylic acid groups (broad SMARTS) is 1. The van der Waals surface area contributed by atoms with Gasteiger partial charge in [-0.05, 0) is 51.3 Å². The summed E-state index contributed by atoms with van der Waals surface area (Å²) >= 11 is 0. The lowest BCUT2D eigenvalue weighted by atomic mass is 9.98. The minimum Gasteiger partial charge on any atom is -0.481 e. The van der Waals surface area contributed by atoms with Crippen LogP contribution in [-0.2, 0) is 14.4 Å². The Balaban J connectivity index is 1.73. The van der Waals surface area contributed by atoms with Crippen LogP contribution in [0, 0.1) is 12.8 Å². The van der Waals surface area contributed by atoms with Gasteiger partial charge in [0.05, 0.1) is 11.6 Å². The Morgan fingerprint density at radius 3 is 2.78 bits per heavy atom. The lowest BCUT2D eigenvalue weighted by Crippen LogP contribution is -2.53. The number of likely N-dealkylation sites (tertiary alicyclic amines) is 1. The summed E-state index contributed by atoms with van der Waals surface area (Å²) < 4.78 is 5.83. The highest BCUT2D eigenvalue weighted by molar-refractivity contribution is 6.02. The summed E-state index contributed by atoms with van der Waals surface area (Å²) in [5, 5.41) is 9.19. The molecule has 1 fully saturated rings. The highest BCUT2D eigenvalue weighted by Crippen LogP contribution is 2.38. The van der Waals surface area contributed by atoms with Crippen LogP contribution in [0.2, 0.25) is 0 Å². The number of hydrogen-bond acceptors (Lipinski definition) is 4. The van der Waals surface area contributed by atoms with Gasteiger partial charge in [0, 0.05) is 26.1 Å². The van der Waals surface area contributed by atoms with Crippen LogP contribution in [0.3, 0.4) is 0 Å². The number of carbonyl (C=O) groups is 3. The summed E-state index contributed by atoms with van der Waals surface area (Å²) in [6, 6.07) is 5.65. The van der Waals surface area contributed by atoms with Crippen molar-refractivity contribution < 1.29 is 24.2 Å². The molecule has 1 atom stereocenters. The van der Waals surface area contributed by atoms with E-state index < -0.39 is 17.5 Å².